The van der Waals surface area contributed by atoms with Crippen molar-refractivity contribution in [3.05, 3.63) is 60.5 Å². The Balaban J connectivity index is 1.82. The molecule has 0 saturated heterocycles. The van der Waals surface area contributed by atoms with Crippen LogP contribution in [0.5, 0.6) is 5.75 Å². The molecule has 0 atom stereocenters. The summed E-state index contributed by atoms with van der Waals surface area (Å²) >= 11 is 0. The fourth-order valence-electron chi connectivity index (χ4n) is 2.92. The Hall–Kier alpha value is -3.61. The van der Waals surface area contributed by atoms with Gasteiger partial charge in [-0.05, 0) is 42.5 Å². The van der Waals surface area contributed by atoms with E-state index in [1.54, 1.807) is 31.4 Å². The average molecular weight is 363 g/mol. The number of ether oxygens (including phenoxy) is 1. The van der Waals surface area contributed by atoms with Crippen LogP contribution in [0.3, 0.4) is 0 Å². The average Bonchev–Trinajstić information content (AvgIpc) is 3.04. The molecule has 0 aliphatic carbocycles. The number of hydrogen-bond donors (Lipinski definition) is 2. The van der Waals surface area contributed by atoms with E-state index in [9.17, 15) is 4.39 Å². The van der Waals surface area contributed by atoms with Gasteiger partial charge in [0.2, 0.25) is 5.95 Å². The molecule has 3 N–H and O–H groups in total. The lowest BCUT2D eigenvalue weighted by molar-refractivity contribution is 0.415. The van der Waals surface area contributed by atoms with Crippen LogP contribution in [0.4, 0.5) is 21.7 Å². The topological polar surface area (TPSA) is 78.0 Å². The van der Waals surface area contributed by atoms with Crippen molar-refractivity contribution in [3.63, 3.8) is 0 Å². The molecule has 4 rings (SSSR count). The van der Waals surface area contributed by atoms with Gasteiger partial charge >= 0.3 is 0 Å². The van der Waals surface area contributed by atoms with Crippen molar-refractivity contribution in [1.29, 1.82) is 0 Å². The van der Waals surface area contributed by atoms with E-state index in [-0.39, 0.29) is 5.82 Å². The summed E-state index contributed by atoms with van der Waals surface area (Å²) in [6, 6.07) is 13.5. The number of rotatable bonds is 4. The monoisotopic (exact) mass is 363 g/mol. The molecule has 0 saturated carbocycles. The molecule has 2 aromatic carbocycles. The Morgan fingerprint density at radius 2 is 1.85 bits per heavy atom. The van der Waals surface area contributed by atoms with Gasteiger partial charge < -0.3 is 20.4 Å². The highest BCUT2D eigenvalue weighted by atomic mass is 19.1. The van der Waals surface area contributed by atoms with E-state index in [4.69, 9.17) is 10.5 Å². The smallest absolute Gasteiger partial charge is 0.229 e. The summed E-state index contributed by atoms with van der Waals surface area (Å²) in [6.07, 6.45) is 1.91. The molecule has 7 heteroatoms. The Bertz CT molecular complexity index is 1120. The van der Waals surface area contributed by atoms with Gasteiger partial charge in [0, 0.05) is 30.3 Å². The van der Waals surface area contributed by atoms with Crippen LogP contribution < -0.4 is 15.8 Å². The number of benzene rings is 2. The third kappa shape index (κ3) is 3.15. The minimum absolute atomic E-state index is 0.290. The molecule has 0 aliphatic rings. The standard InChI is InChI=1S/C20H18FN5O/c1-26-10-9-15-18(12-3-5-13(21)6-4-12)24-20(25-19(15)26)23-17-8-7-14(27-2)11-16(17)22/h3-11H,22H2,1-2H3,(H,23,24,25). The molecule has 4 aromatic rings. The van der Waals surface area contributed by atoms with Crippen molar-refractivity contribution >= 4 is 28.4 Å². The number of hydrogen-bond acceptors (Lipinski definition) is 5. The number of nitrogens with two attached hydrogens (primary N) is 1. The van der Waals surface area contributed by atoms with Gasteiger partial charge in [-0.3, -0.25) is 0 Å². The summed E-state index contributed by atoms with van der Waals surface area (Å²) in [7, 11) is 3.50. The second-order valence-corrected chi connectivity index (χ2v) is 6.14. The van der Waals surface area contributed by atoms with Gasteiger partial charge in [-0.1, -0.05) is 0 Å². The van der Waals surface area contributed by atoms with Gasteiger partial charge in [-0.25, -0.2) is 9.37 Å². The van der Waals surface area contributed by atoms with Crippen LogP contribution in [-0.4, -0.2) is 21.6 Å². The lowest BCUT2D eigenvalue weighted by Gasteiger charge is -2.12. The summed E-state index contributed by atoms with van der Waals surface area (Å²) in [4.78, 5) is 9.25. The first-order chi connectivity index (χ1) is 13.0. The van der Waals surface area contributed by atoms with E-state index < -0.39 is 0 Å². The third-order valence-corrected chi connectivity index (χ3v) is 4.35. The van der Waals surface area contributed by atoms with E-state index >= 15 is 0 Å². The predicted octanol–water partition coefficient (Wildman–Crippen LogP) is 4.11. The normalized spacial score (nSPS) is 10.9. The number of aromatic nitrogens is 3. The zero-order valence-corrected chi connectivity index (χ0v) is 14.9. The van der Waals surface area contributed by atoms with E-state index in [0.29, 0.717) is 23.1 Å². The van der Waals surface area contributed by atoms with Gasteiger partial charge in [0.05, 0.1) is 24.2 Å². The predicted molar refractivity (Wildman–Crippen MR) is 105 cm³/mol. The molecule has 0 fully saturated rings. The molecule has 0 aliphatic heterocycles. The van der Waals surface area contributed by atoms with Crippen molar-refractivity contribution in [1.82, 2.24) is 14.5 Å². The Morgan fingerprint density at radius 1 is 1.07 bits per heavy atom. The zero-order valence-electron chi connectivity index (χ0n) is 14.9. The van der Waals surface area contributed by atoms with E-state index in [1.807, 2.05) is 29.9 Å². The van der Waals surface area contributed by atoms with Crippen LogP contribution in [0.1, 0.15) is 0 Å². The first kappa shape index (κ1) is 16.8. The minimum Gasteiger partial charge on any atom is -0.497 e. The summed E-state index contributed by atoms with van der Waals surface area (Å²) < 4.78 is 20.4. The molecule has 136 valence electrons. The molecule has 0 radical (unpaired) electrons. The number of nitrogen functional groups attached to an aromatic ring is 1. The van der Waals surface area contributed by atoms with Crippen LogP contribution in [0, 0.1) is 5.82 Å². The molecular weight excluding hydrogens is 345 g/mol. The Labute approximate surface area is 155 Å². The van der Waals surface area contributed by atoms with E-state index in [2.05, 4.69) is 15.3 Å². The molecule has 2 aromatic heterocycles. The molecule has 0 amide bonds. The van der Waals surface area contributed by atoms with E-state index in [0.717, 1.165) is 22.3 Å². The molecular formula is C20H18FN5O. The number of halogens is 1. The van der Waals surface area contributed by atoms with Crippen molar-refractivity contribution in [2.45, 2.75) is 0 Å². The first-order valence-corrected chi connectivity index (χ1v) is 8.34. The third-order valence-electron chi connectivity index (χ3n) is 4.35. The fourth-order valence-corrected chi connectivity index (χ4v) is 2.92. The molecule has 6 nitrogen and oxygen atoms in total. The largest absolute Gasteiger partial charge is 0.497 e. The maximum absolute atomic E-state index is 13.3. The highest BCUT2D eigenvalue weighted by Crippen LogP contribution is 2.31. The number of aryl methyl sites for hydroxylation is 1. The number of nitrogens with one attached hydrogen (secondary N) is 1. The summed E-state index contributed by atoms with van der Waals surface area (Å²) in [5.41, 5.74) is 9.57. The van der Waals surface area contributed by atoms with Gasteiger partial charge in [0.1, 0.15) is 17.2 Å². The zero-order chi connectivity index (χ0) is 19.0. The lowest BCUT2D eigenvalue weighted by Crippen LogP contribution is -2.03. The Kier molecular flexibility index (Phi) is 4.12. The van der Waals surface area contributed by atoms with Crippen LogP contribution in [0.25, 0.3) is 22.3 Å². The molecule has 0 spiro atoms. The van der Waals surface area contributed by atoms with Crippen molar-refractivity contribution < 1.29 is 9.13 Å². The van der Waals surface area contributed by atoms with Gasteiger partial charge in [0.15, 0.2) is 0 Å². The maximum atomic E-state index is 13.3. The molecule has 0 unspecified atom stereocenters. The second kappa shape index (κ2) is 6.60. The van der Waals surface area contributed by atoms with Crippen LogP contribution in [-0.2, 0) is 7.05 Å². The summed E-state index contributed by atoms with van der Waals surface area (Å²) in [6.45, 7) is 0. The highest BCUT2D eigenvalue weighted by molar-refractivity contribution is 5.92. The quantitative estimate of drug-likeness (QED) is 0.534. The summed E-state index contributed by atoms with van der Waals surface area (Å²) in [5, 5.41) is 4.05. The molecule has 0 bridgehead atoms. The van der Waals surface area contributed by atoms with Gasteiger partial charge in [0.25, 0.3) is 0 Å². The number of fused-ring (bicyclic) bond motifs is 1. The van der Waals surface area contributed by atoms with E-state index in [1.165, 1.54) is 12.1 Å². The van der Waals surface area contributed by atoms with Crippen LogP contribution in [0.15, 0.2) is 54.7 Å². The summed E-state index contributed by atoms with van der Waals surface area (Å²) in [5.74, 6) is 0.783. The van der Waals surface area contributed by atoms with Crippen molar-refractivity contribution in [2.24, 2.45) is 7.05 Å². The minimum atomic E-state index is -0.290. The van der Waals surface area contributed by atoms with Gasteiger partial charge in [-0.15, -0.1) is 0 Å². The fraction of sp³-hybridized carbons (Fsp3) is 0.100. The van der Waals surface area contributed by atoms with Crippen molar-refractivity contribution in [3.8, 4) is 17.0 Å². The number of methoxy groups -OCH3 is 1. The van der Waals surface area contributed by atoms with Crippen molar-refractivity contribution in [2.75, 3.05) is 18.2 Å². The second-order valence-electron chi connectivity index (χ2n) is 6.14. The number of anilines is 3. The van der Waals surface area contributed by atoms with Crippen LogP contribution in [0.2, 0.25) is 0 Å². The Morgan fingerprint density at radius 3 is 2.56 bits per heavy atom. The van der Waals surface area contributed by atoms with Gasteiger partial charge in [-0.2, -0.15) is 4.98 Å². The molecule has 2 heterocycles. The highest BCUT2D eigenvalue weighted by Gasteiger charge is 2.13. The SMILES string of the molecule is COc1ccc(Nc2nc(-c3ccc(F)cc3)c3ccn(C)c3n2)c(N)c1. The maximum Gasteiger partial charge on any atom is 0.229 e. The molecule has 27 heavy (non-hydrogen) atoms. The van der Waals surface area contributed by atoms with Crippen LogP contribution >= 0.6 is 0 Å². The first-order valence-electron chi connectivity index (χ1n) is 8.34. The lowest BCUT2D eigenvalue weighted by atomic mass is 10.1. The number of nitrogens with zero attached hydrogens (tertiary/aromatic N) is 3.